The first-order chi connectivity index (χ1) is 12.8. The second-order valence-electron chi connectivity index (χ2n) is 6.37. The van der Waals surface area contributed by atoms with Crippen LogP contribution < -0.4 is 15.7 Å². The maximum atomic E-state index is 11.2. The van der Waals surface area contributed by atoms with Gasteiger partial charge in [-0.05, 0) is 48.2 Å². The molecule has 0 spiro atoms. The Morgan fingerprint density at radius 3 is 2.65 bits per heavy atom. The van der Waals surface area contributed by atoms with E-state index in [1.807, 2.05) is 42.7 Å². The maximum Gasteiger partial charge on any atom is 0.267 e. The third kappa shape index (κ3) is 4.91. The van der Waals surface area contributed by atoms with Gasteiger partial charge in [0, 0.05) is 49.8 Å². The largest absolute Gasteiger partial charge is 0.371 e. The molecule has 1 saturated heterocycles. The molecule has 0 atom stereocenters. The molecule has 0 saturated carbocycles. The minimum atomic E-state index is -0.529. The van der Waals surface area contributed by atoms with Crippen molar-refractivity contribution in [1.29, 1.82) is 0 Å². The average Bonchev–Trinajstić information content (AvgIpc) is 2.72. The number of carbonyl (C=O) groups is 1. The van der Waals surface area contributed by atoms with Crippen molar-refractivity contribution in [3.63, 3.8) is 0 Å². The number of rotatable bonds is 6. The van der Waals surface area contributed by atoms with Gasteiger partial charge < -0.3 is 10.2 Å². The number of piperidine rings is 1. The predicted molar refractivity (Wildman–Crippen MR) is 102 cm³/mol. The van der Waals surface area contributed by atoms with E-state index in [1.54, 1.807) is 11.6 Å². The zero-order chi connectivity index (χ0) is 18.2. The molecule has 0 aliphatic carbocycles. The van der Waals surface area contributed by atoms with Gasteiger partial charge >= 0.3 is 0 Å². The summed E-state index contributed by atoms with van der Waals surface area (Å²) in [6.07, 6.45) is 8.85. The zero-order valence-corrected chi connectivity index (χ0v) is 14.6. The Hall–Kier alpha value is -2.70. The molecule has 6 heteroatoms. The molecule has 1 fully saturated rings. The first kappa shape index (κ1) is 18.1. The number of hydroxylamine groups is 1. The lowest BCUT2D eigenvalue weighted by Crippen LogP contribution is -2.42. The van der Waals surface area contributed by atoms with Gasteiger partial charge in [0.25, 0.3) is 5.91 Å². The van der Waals surface area contributed by atoms with Crippen LogP contribution in [0.5, 0.6) is 0 Å². The van der Waals surface area contributed by atoms with Crippen LogP contribution in [0.25, 0.3) is 6.08 Å². The van der Waals surface area contributed by atoms with Crippen LogP contribution in [0.4, 0.5) is 5.69 Å². The van der Waals surface area contributed by atoms with Gasteiger partial charge in [0.15, 0.2) is 0 Å². The standard InChI is InChI=1S/C20H24N4O2/c25-20(23-26)6-5-17-3-1-2-4-19(17)24-13-9-18(10-14-24)22-15-16-7-11-21-12-8-16/h1-8,11-12,18,22,26H,9-10,13-15H2,(H,23,25). The third-order valence-corrected chi connectivity index (χ3v) is 4.64. The van der Waals surface area contributed by atoms with Crippen molar-refractivity contribution in [2.45, 2.75) is 25.4 Å². The lowest BCUT2D eigenvalue weighted by Gasteiger charge is -2.35. The fourth-order valence-electron chi connectivity index (χ4n) is 3.21. The van der Waals surface area contributed by atoms with E-state index in [0.29, 0.717) is 6.04 Å². The number of para-hydroxylation sites is 1. The Bertz CT molecular complexity index is 740. The summed E-state index contributed by atoms with van der Waals surface area (Å²) in [4.78, 5) is 17.6. The molecule has 0 unspecified atom stereocenters. The molecule has 1 aliphatic rings. The van der Waals surface area contributed by atoms with Crippen LogP contribution in [0.3, 0.4) is 0 Å². The maximum absolute atomic E-state index is 11.2. The molecular weight excluding hydrogens is 328 g/mol. The quantitative estimate of drug-likeness (QED) is 0.423. The van der Waals surface area contributed by atoms with Crippen LogP contribution in [0.1, 0.15) is 24.0 Å². The number of aromatic nitrogens is 1. The summed E-state index contributed by atoms with van der Waals surface area (Å²) >= 11 is 0. The normalized spacial score (nSPS) is 15.3. The van der Waals surface area contributed by atoms with Crippen molar-refractivity contribution in [1.82, 2.24) is 15.8 Å². The smallest absolute Gasteiger partial charge is 0.267 e. The van der Waals surface area contributed by atoms with E-state index in [2.05, 4.69) is 21.3 Å². The van der Waals surface area contributed by atoms with E-state index in [-0.39, 0.29) is 0 Å². The molecule has 1 amide bonds. The van der Waals surface area contributed by atoms with Crippen LogP contribution in [0.15, 0.2) is 54.9 Å². The highest BCUT2D eigenvalue weighted by molar-refractivity contribution is 5.91. The predicted octanol–water partition coefficient (Wildman–Crippen LogP) is 2.36. The molecule has 0 bridgehead atoms. The van der Waals surface area contributed by atoms with E-state index in [4.69, 9.17) is 5.21 Å². The molecule has 136 valence electrons. The van der Waals surface area contributed by atoms with Crippen molar-refractivity contribution in [3.8, 4) is 0 Å². The molecule has 3 rings (SSSR count). The van der Waals surface area contributed by atoms with Crippen LogP contribution >= 0.6 is 0 Å². The SMILES string of the molecule is O=C(C=Cc1ccccc1N1CCC(NCc2ccncc2)CC1)NO. The van der Waals surface area contributed by atoms with Gasteiger partial charge in [0.05, 0.1) is 0 Å². The topological polar surface area (TPSA) is 77.5 Å². The summed E-state index contributed by atoms with van der Waals surface area (Å²) in [7, 11) is 0. The summed E-state index contributed by atoms with van der Waals surface area (Å²) in [5.74, 6) is -0.529. The second kappa shape index (κ2) is 9.12. The number of pyridine rings is 1. The van der Waals surface area contributed by atoms with Crippen LogP contribution in [-0.2, 0) is 11.3 Å². The van der Waals surface area contributed by atoms with E-state index in [0.717, 1.165) is 43.7 Å². The molecular formula is C20H24N4O2. The minimum absolute atomic E-state index is 0.502. The number of hydrogen-bond acceptors (Lipinski definition) is 5. The Kier molecular flexibility index (Phi) is 6.35. The summed E-state index contributed by atoms with van der Waals surface area (Å²) in [5, 5.41) is 12.2. The minimum Gasteiger partial charge on any atom is -0.371 e. The van der Waals surface area contributed by atoms with Crippen molar-refractivity contribution >= 4 is 17.7 Å². The van der Waals surface area contributed by atoms with Crippen LogP contribution in [0, 0.1) is 0 Å². The Labute approximate surface area is 153 Å². The first-order valence-electron chi connectivity index (χ1n) is 8.84. The van der Waals surface area contributed by atoms with Crippen LogP contribution in [0.2, 0.25) is 0 Å². The number of hydrogen-bond donors (Lipinski definition) is 3. The van der Waals surface area contributed by atoms with Crippen molar-refractivity contribution in [3.05, 3.63) is 66.0 Å². The van der Waals surface area contributed by atoms with Gasteiger partial charge in [-0.1, -0.05) is 18.2 Å². The molecule has 1 aromatic carbocycles. The summed E-state index contributed by atoms with van der Waals surface area (Å²) in [5.41, 5.74) is 4.95. The molecule has 26 heavy (non-hydrogen) atoms. The average molecular weight is 352 g/mol. The molecule has 2 heterocycles. The number of nitrogens with zero attached hydrogens (tertiary/aromatic N) is 2. The number of carbonyl (C=O) groups excluding carboxylic acids is 1. The fourth-order valence-corrected chi connectivity index (χ4v) is 3.21. The summed E-state index contributed by atoms with van der Waals surface area (Å²) in [6.45, 7) is 2.79. The van der Waals surface area contributed by atoms with Crippen molar-refractivity contribution in [2.24, 2.45) is 0 Å². The Morgan fingerprint density at radius 2 is 1.92 bits per heavy atom. The van der Waals surface area contributed by atoms with Crippen molar-refractivity contribution < 1.29 is 10.0 Å². The number of anilines is 1. The van der Waals surface area contributed by atoms with Gasteiger partial charge in [-0.3, -0.25) is 15.0 Å². The third-order valence-electron chi connectivity index (χ3n) is 4.64. The molecule has 2 aromatic rings. The number of amides is 1. The van der Waals surface area contributed by atoms with E-state index in [1.165, 1.54) is 11.6 Å². The summed E-state index contributed by atoms with van der Waals surface area (Å²) in [6, 6.07) is 12.6. The Balaban J connectivity index is 1.56. The molecule has 3 N–H and O–H groups in total. The lowest BCUT2D eigenvalue weighted by atomic mass is 10.0. The van der Waals surface area contributed by atoms with Gasteiger partial charge in [-0.25, -0.2) is 5.48 Å². The molecule has 0 radical (unpaired) electrons. The fraction of sp³-hybridized carbons (Fsp3) is 0.300. The Morgan fingerprint density at radius 1 is 1.19 bits per heavy atom. The highest BCUT2D eigenvalue weighted by Crippen LogP contribution is 2.25. The highest BCUT2D eigenvalue weighted by Gasteiger charge is 2.20. The van der Waals surface area contributed by atoms with Gasteiger partial charge in [0.2, 0.25) is 0 Å². The number of nitrogens with one attached hydrogen (secondary N) is 2. The van der Waals surface area contributed by atoms with Gasteiger partial charge in [-0.2, -0.15) is 0 Å². The molecule has 6 nitrogen and oxygen atoms in total. The van der Waals surface area contributed by atoms with E-state index in [9.17, 15) is 4.79 Å². The number of benzene rings is 1. The van der Waals surface area contributed by atoms with Gasteiger partial charge in [0.1, 0.15) is 0 Å². The zero-order valence-electron chi connectivity index (χ0n) is 14.6. The molecule has 1 aromatic heterocycles. The van der Waals surface area contributed by atoms with E-state index >= 15 is 0 Å². The summed E-state index contributed by atoms with van der Waals surface area (Å²) < 4.78 is 0. The van der Waals surface area contributed by atoms with Crippen molar-refractivity contribution in [2.75, 3.05) is 18.0 Å². The monoisotopic (exact) mass is 352 g/mol. The second-order valence-corrected chi connectivity index (χ2v) is 6.37. The van der Waals surface area contributed by atoms with Crippen LogP contribution in [-0.4, -0.2) is 35.2 Å². The van der Waals surface area contributed by atoms with E-state index < -0.39 is 5.91 Å². The highest BCUT2D eigenvalue weighted by atomic mass is 16.5. The van der Waals surface area contributed by atoms with Gasteiger partial charge in [-0.15, -0.1) is 0 Å². The lowest BCUT2D eigenvalue weighted by molar-refractivity contribution is -0.124. The first-order valence-corrected chi connectivity index (χ1v) is 8.84. The molecule has 1 aliphatic heterocycles.